The molecule has 0 saturated heterocycles. The van der Waals surface area contributed by atoms with E-state index in [4.69, 9.17) is 4.74 Å². The van der Waals surface area contributed by atoms with Crippen LogP contribution >= 0.6 is 0 Å². The first kappa shape index (κ1) is 29.6. The van der Waals surface area contributed by atoms with Gasteiger partial charge in [-0.1, -0.05) is 68.4 Å². The molecule has 0 spiro atoms. The number of benzene rings is 3. The molecule has 0 fully saturated rings. The molecule has 39 heavy (non-hydrogen) atoms. The summed E-state index contributed by atoms with van der Waals surface area (Å²) in [6, 6.07) is 18.8. The number of aliphatic hydroxyl groups is 1. The van der Waals surface area contributed by atoms with E-state index in [1.165, 1.54) is 4.90 Å². The predicted molar refractivity (Wildman–Crippen MR) is 153 cm³/mol. The summed E-state index contributed by atoms with van der Waals surface area (Å²) < 4.78 is 5.28. The van der Waals surface area contributed by atoms with Crippen molar-refractivity contribution in [1.29, 1.82) is 0 Å². The zero-order chi connectivity index (χ0) is 28.6. The Morgan fingerprint density at radius 2 is 1.62 bits per heavy atom. The van der Waals surface area contributed by atoms with E-state index in [9.17, 15) is 19.5 Å². The van der Waals surface area contributed by atoms with Gasteiger partial charge in [0.25, 0.3) is 5.91 Å². The molecule has 0 heterocycles. The van der Waals surface area contributed by atoms with Gasteiger partial charge in [0.1, 0.15) is 17.7 Å². The maximum atomic E-state index is 13.9. The normalized spacial score (nSPS) is 12.9. The number of aliphatic hydroxyl groups excluding tert-OH is 1. The zero-order valence-corrected chi connectivity index (χ0v) is 23.4. The molecule has 3 aromatic rings. The summed E-state index contributed by atoms with van der Waals surface area (Å²) in [5.74, 6) is -0.978. The van der Waals surface area contributed by atoms with Gasteiger partial charge in [-0.05, 0) is 67.6 Å². The lowest BCUT2D eigenvalue weighted by Crippen LogP contribution is -2.54. The number of hydrogen-bond donors (Lipinski definition) is 3. The van der Waals surface area contributed by atoms with Gasteiger partial charge >= 0.3 is 6.09 Å². The second kappa shape index (κ2) is 13.2. The van der Waals surface area contributed by atoms with Crippen LogP contribution < -0.4 is 10.6 Å². The molecule has 3 rings (SSSR count). The number of rotatable bonds is 10. The highest BCUT2D eigenvalue weighted by Crippen LogP contribution is 2.26. The Kier molecular flexibility index (Phi) is 10.1. The highest BCUT2D eigenvalue weighted by Gasteiger charge is 2.35. The lowest BCUT2D eigenvalue weighted by atomic mass is 10.00. The standard InChI is InChI=1S/C31H39N3O5/c1-6-18-34(29(37)26(20-35)33-30(38)39-31(3,4)5)27(23-14-12-21(7-2)13-15-23)28(36)32-25-17-16-22-10-8-9-11-24(22)19-25/h8-17,19,26-27,35H,6-7,18,20H2,1-5H3,(H,32,36)(H,33,38). The van der Waals surface area contributed by atoms with E-state index in [0.29, 0.717) is 17.7 Å². The maximum Gasteiger partial charge on any atom is 0.408 e. The topological polar surface area (TPSA) is 108 Å². The molecule has 0 radical (unpaired) electrons. The SMILES string of the molecule is CCCN(C(=O)C(CO)NC(=O)OC(C)(C)C)C(C(=O)Nc1ccc2ccccc2c1)c1ccc(CC)cc1. The van der Waals surface area contributed by atoms with E-state index in [0.717, 1.165) is 22.8 Å². The largest absolute Gasteiger partial charge is 0.444 e. The fraction of sp³-hybridized carbons (Fsp3) is 0.387. The number of carbonyl (C=O) groups excluding carboxylic acids is 3. The summed E-state index contributed by atoms with van der Waals surface area (Å²) in [5.41, 5.74) is 1.55. The fourth-order valence-corrected chi connectivity index (χ4v) is 4.33. The van der Waals surface area contributed by atoms with Crippen LogP contribution in [0.4, 0.5) is 10.5 Å². The number of hydrogen-bond acceptors (Lipinski definition) is 5. The average Bonchev–Trinajstić information content (AvgIpc) is 2.90. The zero-order valence-electron chi connectivity index (χ0n) is 23.4. The smallest absolute Gasteiger partial charge is 0.408 e. The summed E-state index contributed by atoms with van der Waals surface area (Å²) >= 11 is 0. The molecule has 3 aromatic carbocycles. The second-order valence-electron chi connectivity index (χ2n) is 10.5. The van der Waals surface area contributed by atoms with Crippen molar-refractivity contribution in [1.82, 2.24) is 10.2 Å². The lowest BCUT2D eigenvalue weighted by molar-refractivity contribution is -0.141. The number of ether oxygens (including phenoxy) is 1. The van der Waals surface area contributed by atoms with Crippen molar-refractivity contribution in [3.05, 3.63) is 77.9 Å². The van der Waals surface area contributed by atoms with Crippen LogP contribution in [-0.4, -0.2) is 52.7 Å². The van der Waals surface area contributed by atoms with Crippen molar-refractivity contribution in [2.45, 2.75) is 65.1 Å². The molecule has 0 aliphatic heterocycles. The number of carbonyl (C=O) groups is 3. The molecule has 0 aliphatic rings. The van der Waals surface area contributed by atoms with Gasteiger partial charge in [-0.25, -0.2) is 4.79 Å². The Balaban J connectivity index is 1.96. The van der Waals surface area contributed by atoms with Crippen LogP contribution in [0.25, 0.3) is 10.8 Å². The Labute approximate surface area is 230 Å². The number of anilines is 1. The number of amides is 3. The molecule has 8 nitrogen and oxygen atoms in total. The number of nitrogens with one attached hydrogen (secondary N) is 2. The van der Waals surface area contributed by atoms with Crippen molar-refractivity contribution >= 4 is 34.4 Å². The van der Waals surface area contributed by atoms with E-state index < -0.39 is 42.2 Å². The van der Waals surface area contributed by atoms with Crippen molar-refractivity contribution in [3.63, 3.8) is 0 Å². The van der Waals surface area contributed by atoms with Crippen LogP contribution in [0.3, 0.4) is 0 Å². The first-order valence-electron chi connectivity index (χ1n) is 13.4. The molecular weight excluding hydrogens is 494 g/mol. The Hall–Kier alpha value is -3.91. The first-order chi connectivity index (χ1) is 18.6. The van der Waals surface area contributed by atoms with Gasteiger partial charge in [0, 0.05) is 12.2 Å². The van der Waals surface area contributed by atoms with Crippen molar-refractivity contribution in [3.8, 4) is 0 Å². The molecular formula is C31H39N3O5. The van der Waals surface area contributed by atoms with Crippen LogP contribution in [0, 0.1) is 0 Å². The predicted octanol–water partition coefficient (Wildman–Crippen LogP) is 5.21. The van der Waals surface area contributed by atoms with Gasteiger partial charge in [0.2, 0.25) is 5.91 Å². The number of fused-ring (bicyclic) bond motifs is 1. The molecule has 3 N–H and O–H groups in total. The highest BCUT2D eigenvalue weighted by atomic mass is 16.6. The van der Waals surface area contributed by atoms with Crippen molar-refractivity contribution < 1.29 is 24.2 Å². The van der Waals surface area contributed by atoms with Gasteiger partial charge in [0.05, 0.1) is 6.61 Å². The fourth-order valence-electron chi connectivity index (χ4n) is 4.33. The van der Waals surface area contributed by atoms with Crippen molar-refractivity contribution in [2.75, 3.05) is 18.5 Å². The van der Waals surface area contributed by atoms with Crippen LogP contribution in [0.1, 0.15) is 58.2 Å². The minimum atomic E-state index is -1.28. The Morgan fingerprint density at radius 3 is 2.21 bits per heavy atom. The third kappa shape index (κ3) is 8.04. The summed E-state index contributed by atoms with van der Waals surface area (Å²) in [7, 11) is 0. The van der Waals surface area contributed by atoms with Gasteiger partial charge < -0.3 is 25.4 Å². The minimum Gasteiger partial charge on any atom is -0.444 e. The molecule has 2 atom stereocenters. The molecule has 8 heteroatoms. The van der Waals surface area contributed by atoms with E-state index in [-0.39, 0.29) is 6.54 Å². The highest BCUT2D eigenvalue weighted by molar-refractivity contribution is 6.00. The quantitative estimate of drug-likeness (QED) is 0.332. The van der Waals surface area contributed by atoms with E-state index >= 15 is 0 Å². The van der Waals surface area contributed by atoms with Crippen molar-refractivity contribution in [2.24, 2.45) is 0 Å². The third-order valence-electron chi connectivity index (χ3n) is 6.20. The Bertz CT molecular complexity index is 1280. The van der Waals surface area contributed by atoms with Gasteiger partial charge in [0.15, 0.2) is 0 Å². The minimum absolute atomic E-state index is 0.233. The van der Waals surface area contributed by atoms with Crippen LogP contribution in [0.5, 0.6) is 0 Å². The lowest BCUT2D eigenvalue weighted by Gasteiger charge is -2.34. The maximum absolute atomic E-state index is 13.9. The molecule has 0 aliphatic carbocycles. The third-order valence-corrected chi connectivity index (χ3v) is 6.20. The molecule has 0 saturated carbocycles. The number of aryl methyl sites for hydroxylation is 1. The monoisotopic (exact) mass is 533 g/mol. The number of nitrogens with zero attached hydrogens (tertiary/aromatic N) is 1. The van der Waals surface area contributed by atoms with Gasteiger partial charge in [-0.2, -0.15) is 0 Å². The van der Waals surface area contributed by atoms with Gasteiger partial charge in [-0.3, -0.25) is 9.59 Å². The van der Waals surface area contributed by atoms with E-state index in [2.05, 4.69) is 10.6 Å². The summed E-state index contributed by atoms with van der Waals surface area (Å²) in [4.78, 5) is 41.4. The Morgan fingerprint density at radius 1 is 0.949 bits per heavy atom. The molecule has 0 bridgehead atoms. The molecule has 208 valence electrons. The number of alkyl carbamates (subject to hydrolysis) is 1. The van der Waals surface area contributed by atoms with E-state index in [1.54, 1.807) is 20.8 Å². The summed E-state index contributed by atoms with van der Waals surface area (Å²) in [6.07, 6.45) is 0.567. The van der Waals surface area contributed by atoms with E-state index in [1.807, 2.05) is 80.6 Å². The van der Waals surface area contributed by atoms with Crippen LogP contribution in [-0.2, 0) is 20.7 Å². The molecule has 2 unspecified atom stereocenters. The second-order valence-corrected chi connectivity index (χ2v) is 10.5. The average molecular weight is 534 g/mol. The van der Waals surface area contributed by atoms with Gasteiger partial charge in [-0.15, -0.1) is 0 Å². The first-order valence-corrected chi connectivity index (χ1v) is 13.4. The summed E-state index contributed by atoms with van der Waals surface area (Å²) in [6.45, 7) is 8.65. The molecule has 3 amide bonds. The van der Waals surface area contributed by atoms with Crippen LogP contribution in [0.2, 0.25) is 0 Å². The summed E-state index contributed by atoms with van der Waals surface area (Å²) in [5, 5.41) is 17.5. The molecule has 0 aromatic heterocycles. The van der Waals surface area contributed by atoms with Crippen LogP contribution in [0.15, 0.2) is 66.7 Å².